The minimum Gasteiger partial charge on any atom is -0.337 e. The van der Waals surface area contributed by atoms with E-state index in [4.69, 9.17) is 0 Å². The van der Waals surface area contributed by atoms with E-state index in [1.54, 1.807) is 0 Å². The van der Waals surface area contributed by atoms with Gasteiger partial charge in [0.2, 0.25) is 0 Å². The number of hydrogen-bond donors (Lipinski definition) is 1. The molecule has 0 fully saturated rings. The molecule has 0 unspecified atom stereocenters. The summed E-state index contributed by atoms with van der Waals surface area (Å²) in [4.78, 5) is 4.26. The average molecular weight is 215 g/mol. The summed E-state index contributed by atoms with van der Waals surface area (Å²) in [5.41, 5.74) is 1.37. The molecule has 1 aromatic heterocycles. The smallest absolute Gasteiger partial charge is 0.122 e. The van der Waals surface area contributed by atoms with Crippen molar-refractivity contribution in [3.05, 3.63) is 54.1 Å². The monoisotopic (exact) mass is 215 g/mol. The second-order valence-electron chi connectivity index (χ2n) is 3.87. The van der Waals surface area contributed by atoms with Crippen molar-refractivity contribution in [1.82, 2.24) is 14.9 Å². The van der Waals surface area contributed by atoms with E-state index in [0.29, 0.717) is 0 Å². The van der Waals surface area contributed by atoms with Gasteiger partial charge in [0.15, 0.2) is 0 Å². The lowest BCUT2D eigenvalue weighted by Crippen LogP contribution is -2.18. The first kappa shape index (κ1) is 10.9. The number of benzene rings is 1. The topological polar surface area (TPSA) is 29.9 Å². The van der Waals surface area contributed by atoms with Crippen LogP contribution < -0.4 is 5.32 Å². The van der Waals surface area contributed by atoms with Gasteiger partial charge < -0.3 is 9.88 Å². The van der Waals surface area contributed by atoms with Gasteiger partial charge in [-0.05, 0) is 18.5 Å². The fourth-order valence-electron chi connectivity index (χ4n) is 1.64. The third kappa shape index (κ3) is 2.94. The van der Waals surface area contributed by atoms with E-state index in [2.05, 4.69) is 34.6 Å². The van der Waals surface area contributed by atoms with Gasteiger partial charge in [-0.25, -0.2) is 4.98 Å². The number of hydrogen-bond acceptors (Lipinski definition) is 2. The van der Waals surface area contributed by atoms with Crippen molar-refractivity contribution in [3.8, 4) is 0 Å². The lowest BCUT2D eigenvalue weighted by Gasteiger charge is -2.04. The molecule has 1 aromatic carbocycles. The highest BCUT2D eigenvalue weighted by atomic mass is 15.1. The summed E-state index contributed by atoms with van der Waals surface area (Å²) < 4.78 is 2.04. The van der Waals surface area contributed by atoms with Gasteiger partial charge in [-0.2, -0.15) is 0 Å². The average Bonchev–Trinajstić information content (AvgIpc) is 2.72. The Labute approximate surface area is 96.1 Å². The maximum atomic E-state index is 4.26. The van der Waals surface area contributed by atoms with Crippen LogP contribution in [0.15, 0.2) is 42.7 Å². The number of imidazole rings is 1. The standard InChI is InChI=1S/C13H17N3/c1-16-10-9-15-13(16)11-14-8-7-12-5-3-2-4-6-12/h2-6,9-10,14H,7-8,11H2,1H3. The molecule has 0 aliphatic rings. The van der Waals surface area contributed by atoms with Crippen LogP contribution in [0.3, 0.4) is 0 Å². The number of nitrogens with zero attached hydrogens (tertiary/aromatic N) is 2. The SMILES string of the molecule is Cn1ccnc1CNCCc1ccccc1. The van der Waals surface area contributed by atoms with Gasteiger partial charge in [0.25, 0.3) is 0 Å². The Hall–Kier alpha value is -1.61. The van der Waals surface area contributed by atoms with Crippen molar-refractivity contribution in [2.75, 3.05) is 6.54 Å². The lowest BCUT2D eigenvalue weighted by atomic mass is 10.1. The van der Waals surface area contributed by atoms with Crippen LogP contribution in [0.2, 0.25) is 0 Å². The Kier molecular flexibility index (Phi) is 3.72. The first-order valence-electron chi connectivity index (χ1n) is 5.57. The quantitative estimate of drug-likeness (QED) is 0.770. The van der Waals surface area contributed by atoms with E-state index in [-0.39, 0.29) is 0 Å². The van der Waals surface area contributed by atoms with Gasteiger partial charge in [-0.3, -0.25) is 0 Å². The van der Waals surface area contributed by atoms with Crippen LogP contribution in [0.1, 0.15) is 11.4 Å². The van der Waals surface area contributed by atoms with Crippen molar-refractivity contribution in [2.24, 2.45) is 7.05 Å². The van der Waals surface area contributed by atoms with Gasteiger partial charge >= 0.3 is 0 Å². The number of rotatable bonds is 5. The summed E-state index contributed by atoms with van der Waals surface area (Å²) in [6.45, 7) is 1.81. The molecule has 1 heterocycles. The fourth-order valence-corrected chi connectivity index (χ4v) is 1.64. The molecule has 0 amide bonds. The Morgan fingerprint density at radius 1 is 1.25 bits per heavy atom. The van der Waals surface area contributed by atoms with Crippen LogP contribution >= 0.6 is 0 Å². The molecular formula is C13H17N3. The van der Waals surface area contributed by atoms with Crippen LogP contribution in [0.25, 0.3) is 0 Å². The highest BCUT2D eigenvalue weighted by molar-refractivity contribution is 5.14. The third-order valence-electron chi connectivity index (χ3n) is 2.64. The predicted molar refractivity (Wildman–Crippen MR) is 65.1 cm³/mol. The Morgan fingerprint density at radius 3 is 2.75 bits per heavy atom. The maximum Gasteiger partial charge on any atom is 0.122 e. The van der Waals surface area contributed by atoms with E-state index >= 15 is 0 Å². The first-order valence-corrected chi connectivity index (χ1v) is 5.57. The van der Waals surface area contributed by atoms with Crippen LogP contribution in [0.5, 0.6) is 0 Å². The molecule has 3 heteroatoms. The zero-order valence-corrected chi connectivity index (χ0v) is 9.56. The van der Waals surface area contributed by atoms with E-state index < -0.39 is 0 Å². The van der Waals surface area contributed by atoms with Crippen molar-refractivity contribution in [3.63, 3.8) is 0 Å². The summed E-state index contributed by atoms with van der Waals surface area (Å²) in [5, 5.41) is 3.39. The van der Waals surface area contributed by atoms with E-state index in [1.165, 1.54) is 5.56 Å². The molecule has 0 saturated heterocycles. The molecule has 0 atom stereocenters. The predicted octanol–water partition coefficient (Wildman–Crippen LogP) is 1.75. The molecule has 0 spiro atoms. The Bertz CT molecular complexity index is 420. The highest BCUT2D eigenvalue weighted by Gasteiger charge is 1.97. The molecule has 0 bridgehead atoms. The van der Waals surface area contributed by atoms with E-state index in [9.17, 15) is 0 Å². The van der Waals surface area contributed by atoms with Gasteiger partial charge in [0.1, 0.15) is 5.82 Å². The molecule has 0 saturated carbocycles. The van der Waals surface area contributed by atoms with Crippen LogP contribution in [-0.4, -0.2) is 16.1 Å². The zero-order valence-electron chi connectivity index (χ0n) is 9.56. The molecule has 3 nitrogen and oxygen atoms in total. The van der Waals surface area contributed by atoms with Gasteiger partial charge in [-0.15, -0.1) is 0 Å². The van der Waals surface area contributed by atoms with Crippen LogP contribution in [0.4, 0.5) is 0 Å². The molecule has 0 radical (unpaired) electrons. The molecule has 0 aliphatic heterocycles. The minimum atomic E-state index is 0.830. The largest absolute Gasteiger partial charge is 0.337 e. The summed E-state index contributed by atoms with van der Waals surface area (Å²) in [6, 6.07) is 10.5. The van der Waals surface area contributed by atoms with Gasteiger partial charge in [0.05, 0.1) is 6.54 Å². The summed E-state index contributed by atoms with van der Waals surface area (Å²) in [6.07, 6.45) is 4.85. The maximum absolute atomic E-state index is 4.26. The number of aryl methyl sites for hydroxylation is 1. The van der Waals surface area contributed by atoms with E-state index in [0.717, 1.165) is 25.3 Å². The lowest BCUT2D eigenvalue weighted by molar-refractivity contribution is 0.638. The van der Waals surface area contributed by atoms with Crippen LogP contribution in [-0.2, 0) is 20.0 Å². The second-order valence-corrected chi connectivity index (χ2v) is 3.87. The molecule has 84 valence electrons. The zero-order chi connectivity index (χ0) is 11.2. The van der Waals surface area contributed by atoms with Crippen molar-refractivity contribution < 1.29 is 0 Å². The normalized spacial score (nSPS) is 10.6. The van der Waals surface area contributed by atoms with E-state index in [1.807, 2.05) is 30.1 Å². The molecule has 1 N–H and O–H groups in total. The molecule has 2 aromatic rings. The second kappa shape index (κ2) is 5.47. The first-order chi connectivity index (χ1) is 7.86. The molecule has 2 rings (SSSR count). The van der Waals surface area contributed by atoms with Crippen molar-refractivity contribution in [1.29, 1.82) is 0 Å². The summed E-state index contributed by atoms with van der Waals surface area (Å²) >= 11 is 0. The number of aromatic nitrogens is 2. The Balaban J connectivity index is 1.72. The molecule has 0 aliphatic carbocycles. The van der Waals surface area contributed by atoms with Gasteiger partial charge in [0, 0.05) is 19.4 Å². The van der Waals surface area contributed by atoms with Crippen molar-refractivity contribution >= 4 is 0 Å². The fraction of sp³-hybridized carbons (Fsp3) is 0.308. The summed E-state index contributed by atoms with van der Waals surface area (Å²) in [5.74, 6) is 1.08. The third-order valence-corrected chi connectivity index (χ3v) is 2.64. The number of nitrogens with one attached hydrogen (secondary N) is 1. The molecule has 16 heavy (non-hydrogen) atoms. The summed E-state index contributed by atoms with van der Waals surface area (Å²) in [7, 11) is 2.02. The van der Waals surface area contributed by atoms with Crippen LogP contribution in [0, 0.1) is 0 Å². The highest BCUT2D eigenvalue weighted by Crippen LogP contribution is 1.98. The van der Waals surface area contributed by atoms with Gasteiger partial charge in [-0.1, -0.05) is 30.3 Å². The molecular weight excluding hydrogens is 198 g/mol. The minimum absolute atomic E-state index is 0.830. The van der Waals surface area contributed by atoms with Crippen molar-refractivity contribution in [2.45, 2.75) is 13.0 Å². The Morgan fingerprint density at radius 2 is 2.06 bits per heavy atom.